The average Bonchev–Trinajstić information content (AvgIpc) is 2.58. The number of carbonyl (C=O) groups is 1. The Morgan fingerprint density at radius 1 is 1.30 bits per heavy atom. The van der Waals surface area contributed by atoms with E-state index in [4.69, 9.17) is 4.74 Å². The Kier molecular flexibility index (Phi) is 4.46. The summed E-state index contributed by atoms with van der Waals surface area (Å²) in [5.41, 5.74) is 3.06. The fourth-order valence-corrected chi connectivity index (χ4v) is 2.96. The van der Waals surface area contributed by atoms with Crippen LogP contribution in [0.3, 0.4) is 0 Å². The van der Waals surface area contributed by atoms with Crippen LogP contribution in [-0.4, -0.2) is 18.0 Å². The number of aromatic nitrogens is 1. The van der Waals surface area contributed by atoms with Gasteiger partial charge in [0.05, 0.1) is 13.5 Å². The first-order valence-corrected chi connectivity index (χ1v) is 7.83. The minimum atomic E-state index is -0.209. The zero-order valence-corrected chi connectivity index (χ0v) is 13.1. The minimum Gasteiger partial charge on any atom is -0.497 e. The standard InChI is InChI=1S/C18H20N2O3/c1-23-14-6-4-5-13(10-14)20-17(21)9-12-11-19-16-8-3-2-7-15(16)18(12)22/h4-6,10-11H,2-3,7-9H2,1H3,(H,19,22)(H,20,21). The Morgan fingerprint density at radius 2 is 2.13 bits per heavy atom. The number of aromatic amines is 1. The zero-order valence-electron chi connectivity index (χ0n) is 13.1. The van der Waals surface area contributed by atoms with Crippen molar-refractivity contribution in [2.75, 3.05) is 12.4 Å². The van der Waals surface area contributed by atoms with E-state index in [-0.39, 0.29) is 17.8 Å². The monoisotopic (exact) mass is 312 g/mol. The second-order valence-electron chi connectivity index (χ2n) is 5.76. The number of hydrogen-bond acceptors (Lipinski definition) is 3. The van der Waals surface area contributed by atoms with Gasteiger partial charge in [-0.25, -0.2) is 0 Å². The van der Waals surface area contributed by atoms with E-state index < -0.39 is 0 Å². The topological polar surface area (TPSA) is 71.2 Å². The summed E-state index contributed by atoms with van der Waals surface area (Å²) in [5.74, 6) is 0.467. The van der Waals surface area contributed by atoms with Crippen LogP contribution in [0.5, 0.6) is 5.75 Å². The molecule has 120 valence electrons. The van der Waals surface area contributed by atoms with Crippen molar-refractivity contribution in [1.29, 1.82) is 0 Å². The van der Waals surface area contributed by atoms with Crippen molar-refractivity contribution in [3.8, 4) is 5.75 Å². The van der Waals surface area contributed by atoms with Crippen LogP contribution in [0.1, 0.15) is 29.7 Å². The third-order valence-corrected chi connectivity index (χ3v) is 4.16. The highest BCUT2D eigenvalue weighted by atomic mass is 16.5. The highest BCUT2D eigenvalue weighted by Gasteiger charge is 2.16. The molecule has 5 nitrogen and oxygen atoms in total. The van der Waals surface area contributed by atoms with Gasteiger partial charge in [-0.05, 0) is 37.8 Å². The molecule has 0 bridgehead atoms. The first-order valence-electron chi connectivity index (χ1n) is 7.83. The van der Waals surface area contributed by atoms with Crippen LogP contribution in [-0.2, 0) is 24.1 Å². The quantitative estimate of drug-likeness (QED) is 0.911. The molecule has 5 heteroatoms. The van der Waals surface area contributed by atoms with Crippen LogP contribution < -0.4 is 15.5 Å². The van der Waals surface area contributed by atoms with Gasteiger partial charge in [0, 0.05) is 34.8 Å². The molecule has 1 aliphatic carbocycles. The molecule has 0 atom stereocenters. The maximum atomic E-state index is 12.5. The van der Waals surface area contributed by atoms with E-state index in [0.717, 1.165) is 36.9 Å². The van der Waals surface area contributed by atoms with Gasteiger partial charge < -0.3 is 15.0 Å². The molecule has 1 heterocycles. The highest BCUT2D eigenvalue weighted by molar-refractivity contribution is 5.92. The molecule has 1 amide bonds. The Labute approximate surface area is 134 Å². The summed E-state index contributed by atoms with van der Waals surface area (Å²) in [6.07, 6.45) is 5.61. The van der Waals surface area contributed by atoms with Crippen molar-refractivity contribution in [2.24, 2.45) is 0 Å². The molecule has 23 heavy (non-hydrogen) atoms. The van der Waals surface area contributed by atoms with Gasteiger partial charge in [-0.2, -0.15) is 0 Å². The molecule has 2 aromatic rings. The van der Waals surface area contributed by atoms with Crippen LogP contribution >= 0.6 is 0 Å². The van der Waals surface area contributed by atoms with Gasteiger partial charge in [0.25, 0.3) is 0 Å². The van der Waals surface area contributed by atoms with Crippen LogP contribution in [0.15, 0.2) is 35.3 Å². The molecule has 0 aliphatic heterocycles. The van der Waals surface area contributed by atoms with Gasteiger partial charge >= 0.3 is 0 Å². The summed E-state index contributed by atoms with van der Waals surface area (Å²) in [6.45, 7) is 0. The van der Waals surface area contributed by atoms with Crippen molar-refractivity contribution in [2.45, 2.75) is 32.1 Å². The number of anilines is 1. The molecule has 0 saturated heterocycles. The third kappa shape index (κ3) is 3.44. The number of benzene rings is 1. The maximum absolute atomic E-state index is 12.5. The van der Waals surface area contributed by atoms with E-state index in [9.17, 15) is 9.59 Å². The Morgan fingerprint density at radius 3 is 2.96 bits per heavy atom. The second-order valence-corrected chi connectivity index (χ2v) is 5.76. The number of H-pyrrole nitrogens is 1. The predicted molar refractivity (Wildman–Crippen MR) is 89.0 cm³/mol. The largest absolute Gasteiger partial charge is 0.497 e. The number of fused-ring (bicyclic) bond motifs is 1. The van der Waals surface area contributed by atoms with Crippen molar-refractivity contribution in [1.82, 2.24) is 4.98 Å². The highest BCUT2D eigenvalue weighted by Crippen LogP contribution is 2.18. The SMILES string of the molecule is COc1cccc(NC(=O)Cc2c[nH]c3c(c2=O)CCCC3)c1. The van der Waals surface area contributed by atoms with E-state index in [1.165, 1.54) is 0 Å². The third-order valence-electron chi connectivity index (χ3n) is 4.16. The Balaban J connectivity index is 1.74. The van der Waals surface area contributed by atoms with Gasteiger partial charge in [0.1, 0.15) is 5.75 Å². The number of methoxy groups -OCH3 is 1. The van der Waals surface area contributed by atoms with E-state index in [2.05, 4.69) is 10.3 Å². The maximum Gasteiger partial charge on any atom is 0.229 e. The first-order chi connectivity index (χ1) is 11.2. The number of ether oxygens (including phenoxy) is 1. The van der Waals surface area contributed by atoms with Gasteiger partial charge in [0.2, 0.25) is 5.91 Å². The summed E-state index contributed by atoms with van der Waals surface area (Å²) >= 11 is 0. The van der Waals surface area contributed by atoms with Crippen molar-refractivity contribution >= 4 is 11.6 Å². The number of amides is 1. The molecule has 0 unspecified atom stereocenters. The summed E-state index contributed by atoms with van der Waals surface area (Å²) in [4.78, 5) is 27.9. The van der Waals surface area contributed by atoms with Gasteiger partial charge in [-0.3, -0.25) is 9.59 Å². The van der Waals surface area contributed by atoms with Crippen LogP contribution in [0.25, 0.3) is 0 Å². The molecule has 0 spiro atoms. The van der Waals surface area contributed by atoms with Gasteiger partial charge in [-0.1, -0.05) is 6.07 Å². The zero-order chi connectivity index (χ0) is 16.2. The Bertz CT molecular complexity index is 780. The van der Waals surface area contributed by atoms with Crippen molar-refractivity contribution < 1.29 is 9.53 Å². The lowest BCUT2D eigenvalue weighted by atomic mass is 9.94. The van der Waals surface area contributed by atoms with Gasteiger partial charge in [0.15, 0.2) is 5.43 Å². The fraction of sp³-hybridized carbons (Fsp3) is 0.333. The minimum absolute atomic E-state index is 0.0132. The fourth-order valence-electron chi connectivity index (χ4n) is 2.96. The van der Waals surface area contributed by atoms with Crippen LogP contribution in [0.2, 0.25) is 0 Å². The van der Waals surface area contributed by atoms with Crippen LogP contribution in [0, 0.1) is 0 Å². The number of nitrogens with one attached hydrogen (secondary N) is 2. The van der Waals surface area contributed by atoms with Crippen LogP contribution in [0.4, 0.5) is 5.69 Å². The predicted octanol–water partition coefficient (Wildman–Crippen LogP) is 2.44. The van der Waals surface area contributed by atoms with E-state index in [1.807, 2.05) is 6.07 Å². The molecule has 2 N–H and O–H groups in total. The lowest BCUT2D eigenvalue weighted by Crippen LogP contribution is -2.25. The molecule has 0 saturated carbocycles. The molecule has 0 radical (unpaired) electrons. The van der Waals surface area contributed by atoms with E-state index in [0.29, 0.717) is 17.0 Å². The molecule has 1 aromatic heterocycles. The first kappa shape index (κ1) is 15.3. The number of pyridine rings is 1. The summed E-state index contributed by atoms with van der Waals surface area (Å²) in [5, 5.41) is 2.80. The van der Waals surface area contributed by atoms with E-state index >= 15 is 0 Å². The van der Waals surface area contributed by atoms with Crippen molar-refractivity contribution in [3.05, 3.63) is 57.5 Å². The summed E-state index contributed by atoms with van der Waals surface area (Å²) < 4.78 is 5.13. The molecule has 1 aliphatic rings. The van der Waals surface area contributed by atoms with E-state index in [1.54, 1.807) is 31.5 Å². The number of aryl methyl sites for hydroxylation is 1. The normalized spacial score (nSPS) is 13.3. The lowest BCUT2D eigenvalue weighted by molar-refractivity contribution is -0.115. The van der Waals surface area contributed by atoms with Crippen molar-refractivity contribution in [3.63, 3.8) is 0 Å². The number of hydrogen-bond donors (Lipinski definition) is 2. The average molecular weight is 312 g/mol. The second kappa shape index (κ2) is 6.69. The molecule has 0 fully saturated rings. The smallest absolute Gasteiger partial charge is 0.229 e. The number of rotatable bonds is 4. The van der Waals surface area contributed by atoms with Gasteiger partial charge in [-0.15, -0.1) is 0 Å². The lowest BCUT2D eigenvalue weighted by Gasteiger charge is -2.15. The molecular formula is C18H20N2O3. The summed E-state index contributed by atoms with van der Waals surface area (Å²) in [7, 11) is 1.58. The molecule has 3 rings (SSSR count). The number of carbonyl (C=O) groups excluding carboxylic acids is 1. The molecular weight excluding hydrogens is 292 g/mol. The Hall–Kier alpha value is -2.56. The molecule has 1 aromatic carbocycles. The summed E-state index contributed by atoms with van der Waals surface area (Å²) in [6, 6.07) is 7.15.